The third kappa shape index (κ3) is 7.49. The maximum Gasteiger partial charge on any atom is 0.191 e. The lowest BCUT2D eigenvalue weighted by molar-refractivity contribution is 0.468. The summed E-state index contributed by atoms with van der Waals surface area (Å²) in [5, 5.41) is 11.2. The Balaban J connectivity index is 0.00000300. The van der Waals surface area contributed by atoms with E-state index in [0.29, 0.717) is 12.6 Å². The number of nitrogens with one attached hydrogen (secondary N) is 2. The van der Waals surface area contributed by atoms with Crippen molar-refractivity contribution in [1.29, 1.82) is 0 Å². The van der Waals surface area contributed by atoms with E-state index in [-0.39, 0.29) is 29.8 Å². The van der Waals surface area contributed by atoms with E-state index in [2.05, 4.69) is 33.8 Å². The zero-order chi connectivity index (χ0) is 19.8. The van der Waals surface area contributed by atoms with Crippen LogP contribution in [0.3, 0.4) is 0 Å². The van der Waals surface area contributed by atoms with Crippen LogP contribution in [0.1, 0.15) is 31.7 Å². The van der Waals surface area contributed by atoms with Gasteiger partial charge in [-0.3, -0.25) is 9.67 Å². The Morgan fingerprint density at radius 3 is 2.97 bits per heavy atom. The van der Waals surface area contributed by atoms with E-state index in [1.165, 1.54) is 11.8 Å². The number of hydrogen-bond acceptors (Lipinski definition) is 3. The summed E-state index contributed by atoms with van der Waals surface area (Å²) in [6.07, 6.45) is 7.99. The molecule has 1 atom stereocenters. The largest absolute Gasteiger partial charge is 0.367 e. The lowest BCUT2D eigenvalue weighted by atomic mass is 10.1. The molecule has 0 radical (unpaired) electrons. The molecule has 2 aromatic rings. The predicted octanol–water partition coefficient (Wildman–Crippen LogP) is 3.33. The van der Waals surface area contributed by atoms with Gasteiger partial charge in [-0.05, 0) is 50.3 Å². The molecule has 1 unspecified atom stereocenters. The van der Waals surface area contributed by atoms with Gasteiger partial charge < -0.3 is 15.5 Å². The van der Waals surface area contributed by atoms with Gasteiger partial charge >= 0.3 is 0 Å². The fraction of sp³-hybridized carbons (Fsp3) is 0.524. The summed E-state index contributed by atoms with van der Waals surface area (Å²) in [7, 11) is 1.95. The van der Waals surface area contributed by atoms with Gasteiger partial charge in [-0.25, -0.2) is 4.39 Å². The second-order valence-electron chi connectivity index (χ2n) is 7.30. The molecular formula is C21H32FIN6. The van der Waals surface area contributed by atoms with Gasteiger partial charge in [-0.2, -0.15) is 5.10 Å². The van der Waals surface area contributed by atoms with Crippen LogP contribution in [-0.2, 0) is 13.5 Å². The quantitative estimate of drug-likeness (QED) is 0.258. The first-order valence-electron chi connectivity index (χ1n) is 10.2. The highest BCUT2D eigenvalue weighted by Gasteiger charge is 2.21. The minimum Gasteiger partial charge on any atom is -0.367 e. The van der Waals surface area contributed by atoms with Crippen molar-refractivity contribution in [1.82, 2.24) is 20.4 Å². The highest BCUT2D eigenvalue weighted by Crippen LogP contribution is 2.19. The van der Waals surface area contributed by atoms with Crippen molar-refractivity contribution >= 4 is 35.6 Å². The molecule has 0 saturated carbocycles. The molecule has 8 heteroatoms. The molecule has 1 fully saturated rings. The van der Waals surface area contributed by atoms with Crippen molar-refractivity contribution in [2.75, 3.05) is 31.1 Å². The second kappa shape index (κ2) is 12.0. The number of guanidine groups is 1. The van der Waals surface area contributed by atoms with E-state index in [0.717, 1.165) is 56.8 Å². The van der Waals surface area contributed by atoms with Crippen LogP contribution in [0.5, 0.6) is 0 Å². The molecule has 0 bridgehead atoms. The number of benzene rings is 1. The number of aliphatic imine (C=N–C) groups is 1. The number of piperidine rings is 1. The van der Waals surface area contributed by atoms with E-state index < -0.39 is 0 Å². The summed E-state index contributed by atoms with van der Waals surface area (Å²) < 4.78 is 15.1. The van der Waals surface area contributed by atoms with E-state index in [4.69, 9.17) is 4.99 Å². The van der Waals surface area contributed by atoms with Crippen LogP contribution in [0.25, 0.3) is 0 Å². The number of aromatic nitrogens is 2. The minimum absolute atomic E-state index is 0. The summed E-state index contributed by atoms with van der Waals surface area (Å²) >= 11 is 0. The summed E-state index contributed by atoms with van der Waals surface area (Å²) in [6, 6.07) is 7.16. The van der Waals surface area contributed by atoms with Gasteiger partial charge in [0.2, 0.25) is 0 Å². The molecule has 6 nitrogen and oxygen atoms in total. The highest BCUT2D eigenvalue weighted by atomic mass is 127. The molecule has 1 aliphatic heterocycles. The van der Waals surface area contributed by atoms with Gasteiger partial charge in [0.15, 0.2) is 5.96 Å². The van der Waals surface area contributed by atoms with Gasteiger partial charge in [0.25, 0.3) is 0 Å². The maximum absolute atomic E-state index is 13.3. The van der Waals surface area contributed by atoms with Crippen LogP contribution in [0.15, 0.2) is 41.7 Å². The predicted molar refractivity (Wildman–Crippen MR) is 128 cm³/mol. The fourth-order valence-corrected chi connectivity index (χ4v) is 3.58. The first kappa shape index (κ1) is 23.4. The Morgan fingerprint density at radius 1 is 1.38 bits per heavy atom. The van der Waals surface area contributed by atoms with Gasteiger partial charge in [-0.1, -0.05) is 12.1 Å². The van der Waals surface area contributed by atoms with Crippen molar-refractivity contribution in [2.24, 2.45) is 12.0 Å². The second-order valence-corrected chi connectivity index (χ2v) is 7.30. The Bertz CT molecular complexity index is 778. The Labute approximate surface area is 190 Å². The number of anilines is 1. The van der Waals surface area contributed by atoms with Crippen molar-refractivity contribution in [3.63, 3.8) is 0 Å². The van der Waals surface area contributed by atoms with Gasteiger partial charge in [0.1, 0.15) is 5.82 Å². The molecule has 29 heavy (non-hydrogen) atoms. The third-order valence-electron chi connectivity index (χ3n) is 4.95. The molecule has 3 rings (SSSR count). The van der Waals surface area contributed by atoms with E-state index >= 15 is 0 Å². The molecule has 2 heterocycles. The first-order chi connectivity index (χ1) is 13.6. The molecule has 160 valence electrons. The smallest absolute Gasteiger partial charge is 0.191 e. The fourth-order valence-electron chi connectivity index (χ4n) is 3.58. The molecule has 0 spiro atoms. The third-order valence-corrected chi connectivity index (χ3v) is 4.95. The van der Waals surface area contributed by atoms with Crippen molar-refractivity contribution in [3.05, 3.63) is 48.0 Å². The van der Waals surface area contributed by atoms with E-state index in [9.17, 15) is 4.39 Å². The summed E-state index contributed by atoms with van der Waals surface area (Å²) in [4.78, 5) is 7.09. The average Bonchev–Trinajstić information content (AvgIpc) is 3.12. The molecule has 1 aromatic carbocycles. The van der Waals surface area contributed by atoms with Crippen molar-refractivity contribution in [3.8, 4) is 0 Å². The normalized spacial score (nSPS) is 17.0. The van der Waals surface area contributed by atoms with Crippen LogP contribution in [0, 0.1) is 5.82 Å². The standard InChI is InChI=1S/C21H31FN6.HI/c1-3-23-21(24-11-5-8-17-7-4-9-18(22)13-17)26-19-10-6-12-28(15-19)20-14-25-27(2)16-20;/h4,7,9,13-14,16,19H,3,5-6,8,10-12,15H2,1-2H3,(H2,23,24,26);1H. The number of nitrogens with zero attached hydrogens (tertiary/aromatic N) is 4. The number of hydrogen-bond donors (Lipinski definition) is 2. The Kier molecular flexibility index (Phi) is 9.69. The van der Waals surface area contributed by atoms with Crippen molar-refractivity contribution < 1.29 is 4.39 Å². The minimum atomic E-state index is -0.175. The summed E-state index contributed by atoms with van der Waals surface area (Å²) in [6.45, 7) is 5.62. The van der Waals surface area contributed by atoms with Crippen LogP contribution < -0.4 is 15.5 Å². The van der Waals surface area contributed by atoms with Crippen LogP contribution in [0.4, 0.5) is 10.1 Å². The molecule has 1 aromatic heterocycles. The first-order valence-corrected chi connectivity index (χ1v) is 10.2. The molecule has 0 amide bonds. The van der Waals surface area contributed by atoms with Crippen LogP contribution in [0.2, 0.25) is 0 Å². The molecule has 1 aliphatic rings. The SMILES string of the molecule is CCNC(=NCCCc1cccc(F)c1)NC1CCCN(c2cnn(C)c2)C1.I. The van der Waals surface area contributed by atoms with Gasteiger partial charge in [0.05, 0.1) is 11.9 Å². The Morgan fingerprint density at radius 2 is 2.24 bits per heavy atom. The lowest BCUT2D eigenvalue weighted by Crippen LogP contribution is -2.51. The summed E-state index contributed by atoms with van der Waals surface area (Å²) in [5.74, 6) is 0.686. The zero-order valence-corrected chi connectivity index (χ0v) is 19.6. The topological polar surface area (TPSA) is 57.5 Å². The monoisotopic (exact) mass is 514 g/mol. The number of aryl methyl sites for hydroxylation is 2. The van der Waals surface area contributed by atoms with E-state index in [1.807, 2.05) is 24.0 Å². The highest BCUT2D eigenvalue weighted by molar-refractivity contribution is 14.0. The average molecular weight is 514 g/mol. The number of rotatable bonds is 7. The molecule has 2 N–H and O–H groups in total. The van der Waals surface area contributed by atoms with Crippen molar-refractivity contribution in [2.45, 2.75) is 38.6 Å². The molecule has 1 saturated heterocycles. The molecule has 0 aliphatic carbocycles. The van der Waals surface area contributed by atoms with Crippen LogP contribution >= 0.6 is 24.0 Å². The van der Waals surface area contributed by atoms with E-state index in [1.54, 1.807) is 12.1 Å². The zero-order valence-electron chi connectivity index (χ0n) is 17.3. The molecular weight excluding hydrogens is 482 g/mol. The Hall–Kier alpha value is -1.84. The maximum atomic E-state index is 13.3. The van der Waals surface area contributed by atoms with Crippen LogP contribution in [-0.4, -0.2) is 48.0 Å². The lowest BCUT2D eigenvalue weighted by Gasteiger charge is -2.34. The summed E-state index contributed by atoms with van der Waals surface area (Å²) in [5.41, 5.74) is 2.19. The number of halogens is 2. The van der Waals surface area contributed by atoms with Gasteiger partial charge in [0, 0.05) is 45.5 Å². The van der Waals surface area contributed by atoms with Gasteiger partial charge in [-0.15, -0.1) is 24.0 Å².